The second kappa shape index (κ2) is 13.9. The van der Waals surface area contributed by atoms with Crippen molar-refractivity contribution in [2.45, 2.75) is 56.2 Å². The van der Waals surface area contributed by atoms with E-state index in [0.717, 1.165) is 12.1 Å². The highest BCUT2D eigenvalue weighted by atomic mass is 28.5. The fraction of sp³-hybridized carbons (Fsp3) is 0.290. The van der Waals surface area contributed by atoms with E-state index >= 15 is 0 Å². The molecule has 36 heavy (non-hydrogen) atoms. The summed E-state index contributed by atoms with van der Waals surface area (Å²) in [5.41, 5.74) is 7.36. The van der Waals surface area contributed by atoms with Crippen LogP contribution in [-0.2, 0) is 20.3 Å². The van der Waals surface area contributed by atoms with Crippen LogP contribution in [-0.4, -0.2) is 26.6 Å². The van der Waals surface area contributed by atoms with Gasteiger partial charge in [0.05, 0.1) is 0 Å². The van der Waals surface area contributed by atoms with Crippen LogP contribution in [0, 0.1) is 0 Å². The minimum atomic E-state index is -2.80. The molecule has 2 unspecified atom stereocenters. The largest absolute Gasteiger partial charge is 0.431 e. The first kappa shape index (κ1) is 26.8. The van der Waals surface area contributed by atoms with Gasteiger partial charge < -0.3 is 8.23 Å². The van der Waals surface area contributed by atoms with Gasteiger partial charge in [0.1, 0.15) is 0 Å². The molecule has 0 aliphatic heterocycles. The minimum absolute atomic E-state index is 0.457. The summed E-state index contributed by atoms with van der Waals surface area (Å²) in [7, 11) is -6.37. The van der Waals surface area contributed by atoms with Crippen molar-refractivity contribution in [1.82, 2.24) is 0 Å². The van der Waals surface area contributed by atoms with Crippen molar-refractivity contribution >= 4 is 31.8 Å². The average Bonchev–Trinajstić information content (AvgIpc) is 3.23. The Hall–Kier alpha value is -2.29. The van der Waals surface area contributed by atoms with Gasteiger partial charge in [-0.25, -0.2) is 0 Å². The molecule has 188 valence electrons. The predicted octanol–water partition coefficient (Wildman–Crippen LogP) is 6.56. The summed E-state index contributed by atoms with van der Waals surface area (Å²) in [6.45, 7) is 8.52. The third-order valence-corrected chi connectivity index (χ3v) is 18.1. The summed E-state index contributed by atoms with van der Waals surface area (Å²) in [6.07, 6.45) is 7.53. The predicted molar refractivity (Wildman–Crippen MR) is 160 cm³/mol. The quantitative estimate of drug-likeness (QED) is 0.196. The van der Waals surface area contributed by atoms with Gasteiger partial charge in [-0.2, -0.15) is 0 Å². The van der Waals surface area contributed by atoms with E-state index in [2.05, 4.69) is 116 Å². The molecule has 2 nitrogen and oxygen atoms in total. The molecule has 1 aliphatic carbocycles. The molecule has 1 aliphatic rings. The molecule has 5 heteroatoms. The Morgan fingerprint density at radius 1 is 0.639 bits per heavy atom. The van der Waals surface area contributed by atoms with Crippen LogP contribution in [0.25, 0.3) is 0 Å². The van der Waals surface area contributed by atoms with Crippen molar-refractivity contribution in [2.75, 3.05) is 0 Å². The zero-order valence-electron chi connectivity index (χ0n) is 21.4. The van der Waals surface area contributed by atoms with Crippen LogP contribution in [0.1, 0.15) is 49.7 Å². The van der Waals surface area contributed by atoms with Crippen molar-refractivity contribution in [1.29, 1.82) is 0 Å². The van der Waals surface area contributed by atoms with Crippen LogP contribution in [0.15, 0.2) is 116 Å². The summed E-state index contributed by atoms with van der Waals surface area (Å²) < 4.78 is 14.9. The molecule has 0 saturated heterocycles. The lowest BCUT2D eigenvalue weighted by molar-refractivity contribution is 0.376. The zero-order valence-corrected chi connectivity index (χ0v) is 24.7. The van der Waals surface area contributed by atoms with Gasteiger partial charge in [0.15, 0.2) is 18.1 Å². The van der Waals surface area contributed by atoms with Gasteiger partial charge in [0.2, 0.25) is 0 Å². The summed E-state index contributed by atoms with van der Waals surface area (Å²) in [5.74, 6) is 0. The highest BCUT2D eigenvalue weighted by Crippen LogP contribution is 2.38. The minimum Gasteiger partial charge on any atom is -0.431 e. The monoisotopic (exact) mass is 528 g/mol. The van der Waals surface area contributed by atoms with Crippen LogP contribution in [0.2, 0.25) is 5.54 Å². The third-order valence-electron chi connectivity index (χ3n) is 7.31. The van der Waals surface area contributed by atoms with E-state index < -0.39 is 26.6 Å². The van der Waals surface area contributed by atoms with Crippen LogP contribution >= 0.6 is 0 Å². The molecule has 0 radical (unpaired) electrons. The van der Waals surface area contributed by atoms with Crippen molar-refractivity contribution in [3.8, 4) is 0 Å². The van der Waals surface area contributed by atoms with Crippen LogP contribution in [0.4, 0.5) is 0 Å². The first-order valence-electron chi connectivity index (χ1n) is 13.5. The van der Waals surface area contributed by atoms with Crippen LogP contribution < -0.4 is 5.19 Å². The molecule has 0 N–H and O–H groups in total. The van der Waals surface area contributed by atoms with Gasteiger partial charge in [-0.3, -0.25) is 0 Å². The molecule has 0 bridgehead atoms. The lowest BCUT2D eigenvalue weighted by atomic mass is 10.2. The fourth-order valence-corrected chi connectivity index (χ4v) is 17.9. The number of hydrogen-bond donors (Lipinski definition) is 0. The van der Waals surface area contributed by atoms with Crippen LogP contribution in [0.5, 0.6) is 0 Å². The van der Waals surface area contributed by atoms with E-state index in [4.69, 9.17) is 8.23 Å². The van der Waals surface area contributed by atoms with Crippen molar-refractivity contribution in [3.63, 3.8) is 0 Å². The fourth-order valence-electron chi connectivity index (χ4n) is 5.41. The second-order valence-electron chi connectivity index (χ2n) is 9.89. The van der Waals surface area contributed by atoms with Gasteiger partial charge in [-0.15, -0.1) is 13.2 Å². The van der Waals surface area contributed by atoms with E-state index in [9.17, 15) is 0 Å². The van der Waals surface area contributed by atoms with Crippen molar-refractivity contribution < 1.29 is 8.23 Å². The maximum Gasteiger partial charge on any atom is 0.355 e. The first-order valence-corrected chi connectivity index (χ1v) is 19.3. The Labute approximate surface area is 222 Å². The lowest BCUT2D eigenvalue weighted by Gasteiger charge is -2.42. The number of hydrogen-bond acceptors (Lipinski definition) is 2. The Bertz CT molecular complexity index is 995. The number of rotatable bonds is 12. The third kappa shape index (κ3) is 7.14. The standard InChI is InChI=1S/C31H40O2Si3/c1-3-34(26-28-18-10-7-11-19-28)32-36(31-24-16-9-17-25-31,30-22-14-5-6-15-23-30)33-35(4-2)27-29-20-12-8-13-21-29/h3-4,7-13,16-21,24-25,30,34-35H,1-2,5-6,14-15,22-23,26-27H2. The van der Waals surface area contributed by atoms with Gasteiger partial charge in [-0.05, 0) is 41.2 Å². The molecular weight excluding hydrogens is 489 g/mol. The molecule has 1 saturated carbocycles. The molecular formula is C31H40O2Si3. The second-order valence-corrected chi connectivity index (χ2v) is 18.4. The molecule has 3 aromatic rings. The Balaban J connectivity index is 1.73. The molecule has 2 atom stereocenters. The van der Waals surface area contributed by atoms with E-state index in [1.54, 1.807) is 0 Å². The molecule has 3 aromatic carbocycles. The topological polar surface area (TPSA) is 18.5 Å². The summed E-state index contributed by atoms with van der Waals surface area (Å²) in [4.78, 5) is 0. The Morgan fingerprint density at radius 2 is 1.06 bits per heavy atom. The highest BCUT2D eigenvalue weighted by Gasteiger charge is 2.49. The van der Waals surface area contributed by atoms with Gasteiger partial charge in [-0.1, -0.05) is 128 Å². The Kier molecular flexibility index (Phi) is 10.3. The van der Waals surface area contributed by atoms with E-state index in [-0.39, 0.29) is 0 Å². The molecule has 4 rings (SSSR count). The van der Waals surface area contributed by atoms with Crippen LogP contribution in [0.3, 0.4) is 0 Å². The summed E-state index contributed by atoms with van der Waals surface area (Å²) in [6, 6.07) is 34.3. The molecule has 1 fully saturated rings. The Morgan fingerprint density at radius 3 is 1.47 bits per heavy atom. The first-order chi connectivity index (χ1) is 17.7. The zero-order chi connectivity index (χ0) is 25.1. The van der Waals surface area contributed by atoms with E-state index in [1.165, 1.54) is 54.8 Å². The summed E-state index contributed by atoms with van der Waals surface area (Å²) in [5, 5.41) is 1.29. The average molecular weight is 529 g/mol. The molecule has 0 aromatic heterocycles. The lowest BCUT2D eigenvalue weighted by Crippen LogP contribution is -2.62. The maximum atomic E-state index is 7.47. The maximum absolute atomic E-state index is 7.47. The molecule has 0 heterocycles. The van der Waals surface area contributed by atoms with Crippen molar-refractivity contribution in [3.05, 3.63) is 127 Å². The van der Waals surface area contributed by atoms with Gasteiger partial charge in [0.25, 0.3) is 0 Å². The normalized spacial score (nSPS) is 17.9. The summed E-state index contributed by atoms with van der Waals surface area (Å²) >= 11 is 0. The molecule has 0 spiro atoms. The SMILES string of the molecule is C=C[SiH](Cc1ccccc1)O[Si](O[SiH](C=C)Cc1ccccc1)(c1ccccc1)C1CCCCCC1. The molecule has 0 amide bonds. The van der Waals surface area contributed by atoms with Crippen molar-refractivity contribution in [2.24, 2.45) is 0 Å². The number of benzene rings is 3. The van der Waals surface area contributed by atoms with E-state index in [0.29, 0.717) is 5.54 Å². The highest BCUT2D eigenvalue weighted by molar-refractivity contribution is 6.91. The van der Waals surface area contributed by atoms with E-state index in [1.807, 2.05) is 0 Å². The van der Waals surface area contributed by atoms with Gasteiger partial charge >= 0.3 is 8.56 Å². The smallest absolute Gasteiger partial charge is 0.355 e. The van der Waals surface area contributed by atoms with Gasteiger partial charge in [0, 0.05) is 5.54 Å².